The van der Waals surface area contributed by atoms with E-state index in [0.29, 0.717) is 17.1 Å². The van der Waals surface area contributed by atoms with E-state index in [9.17, 15) is 9.90 Å². The number of ether oxygens (including phenoxy) is 3. The summed E-state index contributed by atoms with van der Waals surface area (Å²) >= 11 is 0. The van der Waals surface area contributed by atoms with Crippen molar-refractivity contribution in [3.63, 3.8) is 0 Å². The van der Waals surface area contributed by atoms with Crippen LogP contribution >= 0.6 is 0 Å². The molecule has 0 radical (unpaired) electrons. The number of anilines is 3. The minimum atomic E-state index is -0.658. The van der Waals surface area contributed by atoms with E-state index in [1.54, 1.807) is 24.5 Å². The first kappa shape index (κ1) is 34.1. The molecule has 2 amide bonds. The first-order chi connectivity index (χ1) is 25.0. The molecule has 262 valence electrons. The van der Waals surface area contributed by atoms with Crippen LogP contribution in [0.25, 0.3) is 0 Å². The summed E-state index contributed by atoms with van der Waals surface area (Å²) in [5.74, 6) is 2.22. The molecule has 3 N–H and O–H groups in total. The summed E-state index contributed by atoms with van der Waals surface area (Å²) in [6.45, 7) is 6.29. The Balaban J connectivity index is 1.02. The molecular formula is C40H42N6O5. The van der Waals surface area contributed by atoms with Crippen molar-refractivity contribution in [2.24, 2.45) is 5.92 Å². The lowest BCUT2D eigenvalue weighted by Crippen LogP contribution is -2.51. The van der Waals surface area contributed by atoms with Gasteiger partial charge in [0, 0.05) is 68.0 Å². The number of aliphatic hydroxyl groups is 1. The molecule has 0 aliphatic carbocycles. The second-order valence-corrected chi connectivity index (χ2v) is 12.8. The summed E-state index contributed by atoms with van der Waals surface area (Å²) in [6, 6.07) is 33.7. The van der Waals surface area contributed by atoms with Crippen molar-refractivity contribution in [1.29, 1.82) is 0 Å². The summed E-state index contributed by atoms with van der Waals surface area (Å²) in [6.07, 6.45) is 2.53. The number of para-hydroxylation sites is 1. The molecule has 11 heteroatoms. The van der Waals surface area contributed by atoms with Crippen molar-refractivity contribution in [3.05, 3.63) is 138 Å². The lowest BCUT2D eigenvalue weighted by Gasteiger charge is -2.44. The van der Waals surface area contributed by atoms with E-state index >= 15 is 0 Å². The molecule has 4 atom stereocenters. The Morgan fingerprint density at radius 3 is 2.22 bits per heavy atom. The summed E-state index contributed by atoms with van der Waals surface area (Å²) in [5, 5.41) is 15.5. The summed E-state index contributed by atoms with van der Waals surface area (Å²) in [7, 11) is 0. The number of aromatic nitrogens is 2. The van der Waals surface area contributed by atoms with Gasteiger partial charge in [-0.2, -0.15) is 0 Å². The minimum Gasteiger partial charge on any atom is -0.457 e. The van der Waals surface area contributed by atoms with Gasteiger partial charge in [0.05, 0.1) is 18.8 Å². The van der Waals surface area contributed by atoms with Crippen molar-refractivity contribution in [2.75, 3.05) is 48.3 Å². The number of benzene rings is 4. The second-order valence-electron chi connectivity index (χ2n) is 12.8. The topological polar surface area (TPSA) is 121 Å². The van der Waals surface area contributed by atoms with Gasteiger partial charge >= 0.3 is 6.03 Å². The average Bonchev–Trinajstić information content (AvgIpc) is 3.17. The number of hydrogen-bond acceptors (Lipinski definition) is 9. The molecule has 2 fully saturated rings. The molecule has 11 nitrogen and oxygen atoms in total. The van der Waals surface area contributed by atoms with E-state index in [-0.39, 0.29) is 30.8 Å². The van der Waals surface area contributed by atoms with E-state index < -0.39 is 6.29 Å². The number of carbonyl (C=O) groups excluding carboxylic acids is 1. The monoisotopic (exact) mass is 686 g/mol. The predicted molar refractivity (Wildman–Crippen MR) is 196 cm³/mol. The summed E-state index contributed by atoms with van der Waals surface area (Å²) in [5.41, 5.74) is 3.92. The highest BCUT2D eigenvalue weighted by Crippen LogP contribution is 2.42. The predicted octanol–water partition coefficient (Wildman–Crippen LogP) is 7.02. The molecule has 0 spiro atoms. The minimum absolute atomic E-state index is 0.0168. The number of piperazine rings is 1. The van der Waals surface area contributed by atoms with Gasteiger partial charge in [-0.1, -0.05) is 61.5 Å². The van der Waals surface area contributed by atoms with E-state index in [0.717, 1.165) is 61.1 Å². The number of rotatable bonds is 10. The molecular weight excluding hydrogens is 644 g/mol. The third-order valence-corrected chi connectivity index (χ3v) is 9.28. The summed E-state index contributed by atoms with van der Waals surface area (Å²) in [4.78, 5) is 26.5. The molecule has 0 saturated carbocycles. The Kier molecular flexibility index (Phi) is 10.8. The molecule has 7 rings (SSSR count). The normalized spacial score (nSPS) is 20.8. The van der Waals surface area contributed by atoms with Crippen LogP contribution in [0.5, 0.6) is 11.5 Å². The van der Waals surface area contributed by atoms with Crippen LogP contribution in [0.15, 0.2) is 122 Å². The highest BCUT2D eigenvalue weighted by molar-refractivity contribution is 5.99. The number of nitrogens with one attached hydrogen (secondary N) is 2. The number of aliphatic hydroxyl groups excluding tert-OH is 1. The Hall–Kier alpha value is -5.33. The zero-order chi connectivity index (χ0) is 35.0. The van der Waals surface area contributed by atoms with Crippen LogP contribution in [0.4, 0.5) is 22.1 Å². The van der Waals surface area contributed by atoms with Gasteiger partial charge in [-0.05, 0) is 65.7 Å². The zero-order valence-corrected chi connectivity index (χ0v) is 28.5. The number of amides is 2. The van der Waals surface area contributed by atoms with Crippen LogP contribution in [-0.2, 0) is 16.1 Å². The molecule has 2 saturated heterocycles. The average molecular weight is 687 g/mol. The Morgan fingerprint density at radius 2 is 1.49 bits per heavy atom. The van der Waals surface area contributed by atoms with Crippen molar-refractivity contribution in [2.45, 2.75) is 32.0 Å². The van der Waals surface area contributed by atoms with E-state index in [2.05, 4.69) is 37.3 Å². The van der Waals surface area contributed by atoms with Crippen LogP contribution in [0.2, 0.25) is 0 Å². The van der Waals surface area contributed by atoms with Crippen LogP contribution in [0, 0.1) is 5.92 Å². The zero-order valence-electron chi connectivity index (χ0n) is 28.5. The SMILES string of the molecule is CC1C(CN2CCN(c3ncccn3)CC2)OC(c2cccc(NC(=O)Nc3ccc(Oc4ccccc4)cc3)c2)OC1c1ccc(CO)cc1. The molecule has 0 bridgehead atoms. The second kappa shape index (κ2) is 16.1. The third kappa shape index (κ3) is 8.70. The molecule has 51 heavy (non-hydrogen) atoms. The molecule has 4 unspecified atom stereocenters. The quantitative estimate of drug-likeness (QED) is 0.142. The Labute approximate surface area is 297 Å². The van der Waals surface area contributed by atoms with E-state index in [4.69, 9.17) is 14.2 Å². The molecule has 4 aromatic carbocycles. The highest BCUT2D eigenvalue weighted by atomic mass is 16.7. The molecule has 1 aromatic heterocycles. The fourth-order valence-electron chi connectivity index (χ4n) is 6.45. The van der Waals surface area contributed by atoms with Crippen molar-refractivity contribution < 1.29 is 24.1 Å². The van der Waals surface area contributed by atoms with E-state index in [1.165, 1.54) is 0 Å². The first-order valence-electron chi connectivity index (χ1n) is 17.3. The van der Waals surface area contributed by atoms with Gasteiger partial charge in [0.15, 0.2) is 6.29 Å². The fourth-order valence-corrected chi connectivity index (χ4v) is 6.45. The largest absolute Gasteiger partial charge is 0.457 e. The van der Waals surface area contributed by atoms with Gasteiger partial charge in [0.25, 0.3) is 0 Å². The van der Waals surface area contributed by atoms with E-state index in [1.807, 2.05) is 97.1 Å². The number of carbonyl (C=O) groups is 1. The van der Waals surface area contributed by atoms with Gasteiger partial charge < -0.3 is 34.9 Å². The highest BCUT2D eigenvalue weighted by Gasteiger charge is 2.39. The van der Waals surface area contributed by atoms with Gasteiger partial charge in [-0.15, -0.1) is 0 Å². The standard InChI is InChI=1S/C40H42N6O5/c1-28-36(26-45-21-23-46(24-22-45)39-41-19-6-20-42-39)50-38(51-37(28)30-13-11-29(27-47)12-14-30)31-7-5-8-33(25-31)44-40(48)43-32-15-17-35(18-16-32)49-34-9-3-2-4-10-34/h2-20,25,28,36-38,47H,21-24,26-27H2,1H3,(H2,43,44,48). The van der Waals surface area contributed by atoms with Crippen LogP contribution < -0.4 is 20.3 Å². The number of hydrogen-bond donors (Lipinski definition) is 3. The van der Waals surface area contributed by atoms with Crippen molar-refractivity contribution in [3.8, 4) is 11.5 Å². The van der Waals surface area contributed by atoms with Crippen LogP contribution in [-0.4, -0.2) is 64.8 Å². The van der Waals surface area contributed by atoms with Crippen molar-refractivity contribution in [1.82, 2.24) is 14.9 Å². The fraction of sp³-hybridized carbons (Fsp3) is 0.275. The molecule has 5 aromatic rings. The third-order valence-electron chi connectivity index (χ3n) is 9.28. The summed E-state index contributed by atoms with van der Waals surface area (Å²) < 4.78 is 19.3. The first-order valence-corrected chi connectivity index (χ1v) is 17.3. The van der Waals surface area contributed by atoms with Crippen LogP contribution in [0.3, 0.4) is 0 Å². The van der Waals surface area contributed by atoms with Gasteiger partial charge in [-0.25, -0.2) is 14.8 Å². The van der Waals surface area contributed by atoms with Crippen molar-refractivity contribution >= 4 is 23.4 Å². The lowest BCUT2D eigenvalue weighted by molar-refractivity contribution is -0.276. The Bertz CT molecular complexity index is 1850. The molecule has 2 aliphatic heterocycles. The Morgan fingerprint density at radius 1 is 0.784 bits per heavy atom. The van der Waals surface area contributed by atoms with Gasteiger partial charge in [0.1, 0.15) is 11.5 Å². The lowest BCUT2D eigenvalue weighted by atomic mass is 9.90. The number of urea groups is 1. The van der Waals surface area contributed by atoms with Gasteiger partial charge in [0.2, 0.25) is 5.95 Å². The number of nitrogens with zero attached hydrogens (tertiary/aromatic N) is 4. The van der Waals surface area contributed by atoms with Crippen LogP contribution in [0.1, 0.15) is 36.0 Å². The maximum absolute atomic E-state index is 13.0. The maximum Gasteiger partial charge on any atom is 0.323 e. The molecule has 2 aliphatic rings. The smallest absolute Gasteiger partial charge is 0.323 e. The van der Waals surface area contributed by atoms with Gasteiger partial charge in [-0.3, -0.25) is 4.90 Å². The maximum atomic E-state index is 13.0. The molecule has 3 heterocycles.